The Kier molecular flexibility index (Phi) is 7.15. The molecule has 0 aromatic heterocycles. The van der Waals surface area contributed by atoms with Crippen molar-refractivity contribution in [3.8, 4) is 5.75 Å². The third kappa shape index (κ3) is 5.21. The van der Waals surface area contributed by atoms with Crippen LogP contribution in [0.5, 0.6) is 5.75 Å². The van der Waals surface area contributed by atoms with Gasteiger partial charge in [0.25, 0.3) is 5.91 Å². The van der Waals surface area contributed by atoms with Gasteiger partial charge in [-0.05, 0) is 68.0 Å². The van der Waals surface area contributed by atoms with E-state index < -0.39 is 10.0 Å². The maximum absolute atomic E-state index is 13.0. The van der Waals surface area contributed by atoms with E-state index >= 15 is 0 Å². The van der Waals surface area contributed by atoms with E-state index in [2.05, 4.69) is 12.2 Å². The molecule has 0 atom stereocenters. The van der Waals surface area contributed by atoms with E-state index in [1.54, 1.807) is 12.1 Å². The predicted octanol–water partition coefficient (Wildman–Crippen LogP) is 3.74. The third-order valence-corrected chi connectivity index (χ3v) is 7.42. The van der Waals surface area contributed by atoms with Crippen LogP contribution in [0, 0.1) is 12.8 Å². The Balaban J connectivity index is 1.71. The number of piperidine rings is 1. The fraction of sp³-hybridized carbons (Fsp3) is 0.435. The van der Waals surface area contributed by atoms with Gasteiger partial charge in [0.1, 0.15) is 5.75 Å². The van der Waals surface area contributed by atoms with E-state index in [-0.39, 0.29) is 10.8 Å². The summed E-state index contributed by atoms with van der Waals surface area (Å²) in [5.74, 6) is 1.04. The van der Waals surface area contributed by atoms with Crippen LogP contribution in [0.4, 0.5) is 0 Å². The Labute approximate surface area is 179 Å². The topological polar surface area (TPSA) is 75.7 Å². The van der Waals surface area contributed by atoms with Gasteiger partial charge >= 0.3 is 0 Å². The summed E-state index contributed by atoms with van der Waals surface area (Å²) in [6.07, 6.45) is 1.72. The maximum Gasteiger partial charge on any atom is 0.251 e. The van der Waals surface area contributed by atoms with Crippen LogP contribution in [0.25, 0.3) is 0 Å². The van der Waals surface area contributed by atoms with Gasteiger partial charge in [-0.25, -0.2) is 8.42 Å². The van der Waals surface area contributed by atoms with Gasteiger partial charge in [0.2, 0.25) is 10.0 Å². The van der Waals surface area contributed by atoms with Crippen molar-refractivity contribution in [3.05, 3.63) is 59.2 Å². The number of benzene rings is 2. The molecule has 2 aromatic rings. The van der Waals surface area contributed by atoms with Gasteiger partial charge in [0.05, 0.1) is 11.5 Å². The zero-order chi connectivity index (χ0) is 21.7. The average molecular weight is 431 g/mol. The van der Waals surface area contributed by atoms with Gasteiger partial charge in [-0.1, -0.05) is 25.1 Å². The maximum atomic E-state index is 13.0. The SMILES string of the molecule is CCOc1ccc(CNC(=O)c2cc(S(=O)(=O)N3CCC(C)CC3)ccc2C)cc1. The minimum Gasteiger partial charge on any atom is -0.494 e. The van der Waals surface area contributed by atoms with Crippen molar-refractivity contribution in [3.63, 3.8) is 0 Å². The number of hydrogen-bond acceptors (Lipinski definition) is 4. The third-order valence-electron chi connectivity index (χ3n) is 5.52. The highest BCUT2D eigenvalue weighted by Gasteiger charge is 2.28. The smallest absolute Gasteiger partial charge is 0.251 e. The van der Waals surface area contributed by atoms with Crippen LogP contribution >= 0.6 is 0 Å². The summed E-state index contributed by atoms with van der Waals surface area (Å²) in [6.45, 7) is 7.88. The molecule has 0 saturated carbocycles. The first-order valence-electron chi connectivity index (χ1n) is 10.4. The van der Waals surface area contributed by atoms with Gasteiger partial charge in [0.15, 0.2) is 0 Å². The van der Waals surface area contributed by atoms with Crippen LogP contribution in [0.2, 0.25) is 0 Å². The summed E-state index contributed by atoms with van der Waals surface area (Å²) in [6, 6.07) is 12.3. The lowest BCUT2D eigenvalue weighted by molar-refractivity contribution is 0.0950. The van der Waals surface area contributed by atoms with Crippen LogP contribution in [0.1, 0.15) is 48.2 Å². The Morgan fingerprint density at radius 2 is 1.80 bits per heavy atom. The molecule has 162 valence electrons. The number of rotatable bonds is 7. The highest BCUT2D eigenvalue weighted by atomic mass is 32.2. The van der Waals surface area contributed by atoms with Crippen LogP contribution in [-0.4, -0.2) is 38.3 Å². The number of nitrogens with zero attached hydrogens (tertiary/aromatic N) is 1. The first kappa shape index (κ1) is 22.3. The normalized spacial score (nSPS) is 15.7. The average Bonchev–Trinajstić information content (AvgIpc) is 2.74. The fourth-order valence-electron chi connectivity index (χ4n) is 3.53. The minimum absolute atomic E-state index is 0.175. The van der Waals surface area contributed by atoms with E-state index in [1.807, 2.05) is 38.1 Å². The molecule has 6 nitrogen and oxygen atoms in total. The number of ether oxygens (including phenoxy) is 1. The lowest BCUT2D eigenvalue weighted by Gasteiger charge is -2.29. The van der Waals surface area contributed by atoms with Crippen molar-refractivity contribution < 1.29 is 17.9 Å². The second kappa shape index (κ2) is 9.62. The molecule has 1 heterocycles. The van der Waals surface area contributed by atoms with E-state index in [0.717, 1.165) is 29.7 Å². The molecule has 7 heteroatoms. The van der Waals surface area contributed by atoms with E-state index in [9.17, 15) is 13.2 Å². The number of sulfonamides is 1. The van der Waals surface area contributed by atoms with Crippen LogP contribution in [-0.2, 0) is 16.6 Å². The number of carbonyl (C=O) groups excluding carboxylic acids is 1. The summed E-state index contributed by atoms with van der Waals surface area (Å²) in [7, 11) is -3.60. The van der Waals surface area contributed by atoms with Gasteiger partial charge in [-0.15, -0.1) is 0 Å². The Morgan fingerprint density at radius 3 is 2.43 bits per heavy atom. The second-order valence-corrected chi connectivity index (χ2v) is 9.76. The highest BCUT2D eigenvalue weighted by molar-refractivity contribution is 7.89. The summed E-state index contributed by atoms with van der Waals surface area (Å²) >= 11 is 0. The molecule has 0 bridgehead atoms. The van der Waals surface area contributed by atoms with Crippen molar-refractivity contribution >= 4 is 15.9 Å². The van der Waals surface area contributed by atoms with Crippen molar-refractivity contribution in [1.82, 2.24) is 9.62 Å². The van der Waals surface area contributed by atoms with E-state index in [1.165, 1.54) is 10.4 Å². The molecule has 1 fully saturated rings. The molecule has 3 rings (SSSR count). The molecule has 0 aliphatic carbocycles. The molecular formula is C23H30N2O4S. The molecule has 30 heavy (non-hydrogen) atoms. The minimum atomic E-state index is -3.60. The first-order valence-corrected chi connectivity index (χ1v) is 11.9. The largest absolute Gasteiger partial charge is 0.494 e. The monoisotopic (exact) mass is 430 g/mol. The van der Waals surface area contributed by atoms with Crippen LogP contribution in [0.3, 0.4) is 0 Å². The standard InChI is InChI=1S/C23H30N2O4S/c1-4-29-20-8-6-19(7-9-20)16-24-23(26)22-15-21(10-5-18(22)3)30(27,28)25-13-11-17(2)12-14-25/h5-10,15,17H,4,11-14,16H2,1-3H3,(H,24,26). The van der Waals surface area contributed by atoms with Crippen molar-refractivity contribution in [1.29, 1.82) is 0 Å². The Morgan fingerprint density at radius 1 is 1.13 bits per heavy atom. The van der Waals surface area contributed by atoms with Gasteiger partial charge in [0, 0.05) is 25.2 Å². The summed E-state index contributed by atoms with van der Waals surface area (Å²) in [5, 5.41) is 2.88. The molecule has 1 amide bonds. The molecule has 1 saturated heterocycles. The zero-order valence-electron chi connectivity index (χ0n) is 17.8. The second-order valence-electron chi connectivity index (χ2n) is 7.82. The summed E-state index contributed by atoms with van der Waals surface area (Å²) in [5.41, 5.74) is 2.06. The number of carbonyl (C=O) groups is 1. The van der Waals surface area contributed by atoms with E-state index in [0.29, 0.717) is 37.7 Å². The van der Waals surface area contributed by atoms with Crippen molar-refractivity contribution in [2.45, 2.75) is 45.1 Å². The first-order chi connectivity index (χ1) is 14.3. The number of amides is 1. The quantitative estimate of drug-likeness (QED) is 0.726. The van der Waals surface area contributed by atoms with Gasteiger partial charge in [-0.3, -0.25) is 4.79 Å². The Hall–Kier alpha value is -2.38. The molecule has 1 N–H and O–H groups in total. The number of aryl methyl sites for hydroxylation is 1. The molecule has 2 aromatic carbocycles. The zero-order valence-corrected chi connectivity index (χ0v) is 18.7. The molecule has 0 unspecified atom stereocenters. The van der Waals surface area contributed by atoms with E-state index in [4.69, 9.17) is 4.74 Å². The predicted molar refractivity (Wildman–Crippen MR) is 117 cm³/mol. The van der Waals surface area contributed by atoms with Crippen LogP contribution in [0.15, 0.2) is 47.4 Å². The van der Waals surface area contributed by atoms with Gasteiger partial charge in [-0.2, -0.15) is 4.31 Å². The van der Waals surface area contributed by atoms with Gasteiger partial charge < -0.3 is 10.1 Å². The number of hydrogen-bond donors (Lipinski definition) is 1. The van der Waals surface area contributed by atoms with Crippen molar-refractivity contribution in [2.75, 3.05) is 19.7 Å². The molecule has 0 spiro atoms. The van der Waals surface area contributed by atoms with Crippen LogP contribution < -0.4 is 10.1 Å². The summed E-state index contributed by atoms with van der Waals surface area (Å²) in [4.78, 5) is 12.9. The van der Waals surface area contributed by atoms with Crippen molar-refractivity contribution in [2.24, 2.45) is 5.92 Å². The highest BCUT2D eigenvalue weighted by Crippen LogP contribution is 2.25. The number of nitrogens with one attached hydrogen (secondary N) is 1. The molecule has 1 aliphatic heterocycles. The lowest BCUT2D eigenvalue weighted by atomic mass is 10.0. The Bertz CT molecular complexity index is 979. The molecular weight excluding hydrogens is 400 g/mol. The lowest BCUT2D eigenvalue weighted by Crippen LogP contribution is -2.38. The molecule has 1 aliphatic rings. The fourth-order valence-corrected chi connectivity index (χ4v) is 5.02. The summed E-state index contributed by atoms with van der Waals surface area (Å²) < 4.78 is 33.0. The molecule has 0 radical (unpaired) electrons.